The van der Waals surface area contributed by atoms with Gasteiger partial charge in [-0.1, -0.05) is 0 Å². The van der Waals surface area contributed by atoms with Crippen molar-refractivity contribution in [3.63, 3.8) is 0 Å². The van der Waals surface area contributed by atoms with E-state index in [1.54, 1.807) is 11.3 Å². The second kappa shape index (κ2) is 5.21. The average molecular weight is 277 g/mol. The molecule has 1 atom stereocenters. The van der Waals surface area contributed by atoms with E-state index in [0.717, 1.165) is 26.8 Å². The third kappa shape index (κ3) is 2.45. The lowest BCUT2D eigenvalue weighted by atomic mass is 10.1. The predicted molar refractivity (Wildman–Crippen MR) is 74.8 cm³/mol. The number of hydrogen-bond acceptors (Lipinski definition) is 5. The summed E-state index contributed by atoms with van der Waals surface area (Å²) in [6.07, 6.45) is -0.587. The molecule has 1 aliphatic rings. The molecule has 0 amide bonds. The van der Waals surface area contributed by atoms with Gasteiger partial charge in [-0.2, -0.15) is 0 Å². The Balaban J connectivity index is 1.91. The summed E-state index contributed by atoms with van der Waals surface area (Å²) in [5.41, 5.74) is 6.52. The van der Waals surface area contributed by atoms with Crippen LogP contribution in [-0.4, -0.2) is 24.9 Å². The topological polar surface area (TPSA) is 64.7 Å². The van der Waals surface area contributed by atoms with Gasteiger partial charge in [-0.3, -0.25) is 0 Å². The fourth-order valence-corrected chi connectivity index (χ4v) is 3.00. The van der Waals surface area contributed by atoms with Crippen LogP contribution in [0.25, 0.3) is 10.4 Å². The summed E-state index contributed by atoms with van der Waals surface area (Å²) in [7, 11) is 0. The largest absolute Gasteiger partial charge is 0.486 e. The van der Waals surface area contributed by atoms with Gasteiger partial charge in [-0.05, 0) is 35.9 Å². The first-order valence-electron chi connectivity index (χ1n) is 6.16. The Morgan fingerprint density at radius 2 is 1.95 bits per heavy atom. The highest BCUT2D eigenvalue weighted by Crippen LogP contribution is 2.37. The Morgan fingerprint density at radius 3 is 2.74 bits per heavy atom. The zero-order valence-electron chi connectivity index (χ0n) is 10.3. The van der Waals surface area contributed by atoms with Crippen LogP contribution in [0.4, 0.5) is 0 Å². The van der Waals surface area contributed by atoms with Crippen molar-refractivity contribution in [1.82, 2.24) is 0 Å². The molecule has 3 rings (SSSR count). The first-order valence-corrected chi connectivity index (χ1v) is 6.97. The molecule has 4 nitrogen and oxygen atoms in total. The maximum Gasteiger partial charge on any atom is 0.162 e. The summed E-state index contributed by atoms with van der Waals surface area (Å²) in [4.78, 5) is 1.96. The first-order chi connectivity index (χ1) is 9.28. The van der Waals surface area contributed by atoms with Gasteiger partial charge in [-0.15, -0.1) is 11.3 Å². The lowest BCUT2D eigenvalue weighted by molar-refractivity contribution is 0.171. The van der Waals surface area contributed by atoms with Gasteiger partial charge in [0, 0.05) is 16.3 Å². The highest BCUT2D eigenvalue weighted by molar-refractivity contribution is 7.15. The Bertz CT molecular complexity index is 582. The molecule has 1 aromatic heterocycles. The molecule has 1 aromatic carbocycles. The quantitative estimate of drug-likeness (QED) is 0.902. The van der Waals surface area contributed by atoms with Crippen molar-refractivity contribution in [2.75, 3.05) is 19.8 Å². The van der Waals surface area contributed by atoms with Crippen molar-refractivity contribution in [2.24, 2.45) is 5.73 Å². The highest BCUT2D eigenvalue weighted by Gasteiger charge is 2.14. The SMILES string of the molecule is NCC(O)c1ccc(-c2ccc3c(c2)OCCO3)s1. The van der Waals surface area contributed by atoms with E-state index in [1.165, 1.54) is 0 Å². The van der Waals surface area contributed by atoms with Crippen LogP contribution in [0.3, 0.4) is 0 Å². The average Bonchev–Trinajstić information content (AvgIpc) is 2.95. The number of nitrogens with two attached hydrogens (primary N) is 1. The Labute approximate surface area is 115 Å². The van der Waals surface area contributed by atoms with Crippen LogP contribution in [0.2, 0.25) is 0 Å². The fraction of sp³-hybridized carbons (Fsp3) is 0.286. The molecule has 19 heavy (non-hydrogen) atoms. The van der Waals surface area contributed by atoms with Crippen LogP contribution in [0, 0.1) is 0 Å². The molecule has 0 bridgehead atoms. The van der Waals surface area contributed by atoms with E-state index in [0.29, 0.717) is 13.2 Å². The minimum atomic E-state index is -0.587. The summed E-state index contributed by atoms with van der Waals surface area (Å²) in [6, 6.07) is 9.79. The molecule has 1 aliphatic heterocycles. The molecule has 2 aromatic rings. The molecule has 0 saturated carbocycles. The maximum atomic E-state index is 9.72. The second-order valence-corrected chi connectivity index (χ2v) is 5.43. The molecular formula is C14H15NO3S. The van der Waals surface area contributed by atoms with Gasteiger partial charge in [0.15, 0.2) is 11.5 Å². The van der Waals surface area contributed by atoms with Crippen LogP contribution < -0.4 is 15.2 Å². The number of rotatable bonds is 3. The summed E-state index contributed by atoms with van der Waals surface area (Å²) in [5, 5.41) is 9.72. The maximum absolute atomic E-state index is 9.72. The normalized spacial score (nSPS) is 15.3. The molecule has 1 unspecified atom stereocenters. The van der Waals surface area contributed by atoms with Crippen LogP contribution in [0.5, 0.6) is 11.5 Å². The van der Waals surface area contributed by atoms with E-state index < -0.39 is 6.10 Å². The number of ether oxygens (including phenoxy) is 2. The minimum Gasteiger partial charge on any atom is -0.486 e. The molecule has 0 spiro atoms. The summed E-state index contributed by atoms with van der Waals surface area (Å²) in [5.74, 6) is 1.56. The monoisotopic (exact) mass is 277 g/mol. The lowest BCUT2D eigenvalue weighted by Crippen LogP contribution is -2.15. The number of aliphatic hydroxyl groups is 1. The number of benzene rings is 1. The molecule has 100 valence electrons. The molecule has 0 saturated heterocycles. The molecule has 0 fully saturated rings. The van der Waals surface area contributed by atoms with Crippen LogP contribution in [0.1, 0.15) is 11.0 Å². The highest BCUT2D eigenvalue weighted by atomic mass is 32.1. The van der Waals surface area contributed by atoms with Gasteiger partial charge in [0.2, 0.25) is 0 Å². The molecule has 2 heterocycles. The number of hydrogen-bond donors (Lipinski definition) is 2. The second-order valence-electron chi connectivity index (χ2n) is 4.31. The predicted octanol–water partition coefficient (Wildman–Crippen LogP) is 2.18. The smallest absolute Gasteiger partial charge is 0.162 e. The van der Waals surface area contributed by atoms with E-state index >= 15 is 0 Å². The first kappa shape index (κ1) is 12.5. The number of fused-ring (bicyclic) bond motifs is 1. The molecule has 0 aliphatic carbocycles. The summed E-state index contributed by atoms with van der Waals surface area (Å²) in [6.45, 7) is 1.41. The molecule has 5 heteroatoms. The van der Waals surface area contributed by atoms with E-state index in [-0.39, 0.29) is 6.54 Å². The third-order valence-electron chi connectivity index (χ3n) is 3.01. The van der Waals surface area contributed by atoms with E-state index in [9.17, 15) is 5.11 Å². The third-order valence-corrected chi connectivity index (χ3v) is 4.24. The van der Waals surface area contributed by atoms with Crippen molar-refractivity contribution in [2.45, 2.75) is 6.10 Å². The Kier molecular flexibility index (Phi) is 3.42. The Morgan fingerprint density at radius 1 is 1.16 bits per heavy atom. The van der Waals surface area contributed by atoms with Gasteiger partial charge in [0.1, 0.15) is 19.3 Å². The van der Waals surface area contributed by atoms with Gasteiger partial charge in [-0.25, -0.2) is 0 Å². The number of aliphatic hydroxyl groups excluding tert-OH is 1. The Hall–Kier alpha value is -1.56. The molecule has 0 radical (unpaired) electrons. The molecule has 3 N–H and O–H groups in total. The standard InChI is InChI=1S/C14H15NO3S/c15-8-10(16)14-4-3-13(19-14)9-1-2-11-12(7-9)18-6-5-17-11/h1-4,7,10,16H,5-6,8,15H2. The van der Waals surface area contributed by atoms with Crippen molar-refractivity contribution in [3.05, 3.63) is 35.2 Å². The molecular weight excluding hydrogens is 262 g/mol. The lowest BCUT2D eigenvalue weighted by Gasteiger charge is -2.18. The van der Waals surface area contributed by atoms with Crippen molar-refractivity contribution in [1.29, 1.82) is 0 Å². The van der Waals surface area contributed by atoms with Gasteiger partial charge in [0.25, 0.3) is 0 Å². The van der Waals surface area contributed by atoms with Crippen molar-refractivity contribution in [3.8, 4) is 21.9 Å². The zero-order chi connectivity index (χ0) is 13.2. The van der Waals surface area contributed by atoms with E-state index in [1.807, 2.05) is 30.3 Å². The van der Waals surface area contributed by atoms with E-state index in [2.05, 4.69) is 0 Å². The fourth-order valence-electron chi connectivity index (χ4n) is 2.00. The van der Waals surface area contributed by atoms with Gasteiger partial charge < -0.3 is 20.3 Å². The minimum absolute atomic E-state index is 0.237. The van der Waals surface area contributed by atoms with Crippen LogP contribution in [0.15, 0.2) is 30.3 Å². The van der Waals surface area contributed by atoms with E-state index in [4.69, 9.17) is 15.2 Å². The van der Waals surface area contributed by atoms with Crippen LogP contribution >= 0.6 is 11.3 Å². The van der Waals surface area contributed by atoms with Crippen molar-refractivity contribution >= 4 is 11.3 Å². The van der Waals surface area contributed by atoms with Crippen molar-refractivity contribution < 1.29 is 14.6 Å². The van der Waals surface area contributed by atoms with Gasteiger partial charge in [0.05, 0.1) is 0 Å². The summed E-state index contributed by atoms with van der Waals surface area (Å²) < 4.78 is 11.1. The van der Waals surface area contributed by atoms with Gasteiger partial charge >= 0.3 is 0 Å². The zero-order valence-corrected chi connectivity index (χ0v) is 11.2. The summed E-state index contributed by atoms with van der Waals surface area (Å²) >= 11 is 1.54. The number of thiophene rings is 1. The van der Waals surface area contributed by atoms with Crippen LogP contribution in [-0.2, 0) is 0 Å².